The van der Waals surface area contributed by atoms with E-state index in [0.717, 1.165) is 41.4 Å². The summed E-state index contributed by atoms with van der Waals surface area (Å²) in [4.78, 5) is 0. The van der Waals surface area contributed by atoms with Crippen LogP contribution in [0.15, 0.2) is 0 Å². The molecule has 0 aliphatic heterocycles. The van der Waals surface area contributed by atoms with Gasteiger partial charge in [0.1, 0.15) is 0 Å². The minimum absolute atomic E-state index is 0.492. The van der Waals surface area contributed by atoms with Gasteiger partial charge in [0.25, 0.3) is 0 Å². The van der Waals surface area contributed by atoms with Crippen LogP contribution in [0, 0.1) is 52.3 Å². The van der Waals surface area contributed by atoms with Crippen molar-refractivity contribution in [1.82, 2.24) is 0 Å². The largest absolute Gasteiger partial charge is 0.328 e. The van der Waals surface area contributed by atoms with Crippen LogP contribution in [0.1, 0.15) is 112 Å². The van der Waals surface area contributed by atoms with Gasteiger partial charge in [0.2, 0.25) is 0 Å². The van der Waals surface area contributed by atoms with Crippen LogP contribution >= 0.6 is 0 Å². The van der Waals surface area contributed by atoms with Gasteiger partial charge in [-0.1, -0.05) is 53.9 Å². The van der Waals surface area contributed by atoms with Gasteiger partial charge in [-0.05, 0) is 110 Å². The number of hydrogen-bond acceptors (Lipinski definition) is 1. The Balaban J connectivity index is 1.46. The Bertz CT molecular complexity index is 540. The molecule has 4 rings (SSSR count). The molecule has 0 amide bonds. The third-order valence-corrected chi connectivity index (χ3v) is 10.9. The second-order valence-electron chi connectivity index (χ2n) is 12.7. The molecule has 0 aromatic carbocycles. The second kappa shape index (κ2) is 7.90. The third-order valence-electron chi connectivity index (χ3n) is 10.9. The van der Waals surface area contributed by atoms with Gasteiger partial charge in [-0.3, -0.25) is 0 Å². The number of nitrogens with two attached hydrogens (primary N) is 1. The summed E-state index contributed by atoms with van der Waals surface area (Å²) in [7, 11) is 0. The lowest BCUT2D eigenvalue weighted by molar-refractivity contribution is -0.116. The Morgan fingerprint density at radius 3 is 2.29 bits per heavy atom. The van der Waals surface area contributed by atoms with E-state index in [1.807, 2.05) is 0 Å². The maximum absolute atomic E-state index is 6.39. The SMILES string of the molecule is CC(C)CCC[C@@H](C)[C@H]1CCC2C3CCC4C[C@@H](N)CC[C@]4(C)C3CCC21C. The van der Waals surface area contributed by atoms with Gasteiger partial charge in [-0.15, -0.1) is 0 Å². The zero-order valence-corrected chi connectivity index (χ0v) is 19.7. The predicted molar refractivity (Wildman–Crippen MR) is 121 cm³/mol. The average Bonchev–Trinajstić information content (AvgIpc) is 2.99. The van der Waals surface area contributed by atoms with E-state index in [2.05, 4.69) is 34.6 Å². The van der Waals surface area contributed by atoms with E-state index in [1.165, 1.54) is 77.0 Å². The molecule has 4 saturated carbocycles. The van der Waals surface area contributed by atoms with Crippen molar-refractivity contribution >= 4 is 0 Å². The van der Waals surface area contributed by atoms with Crippen LogP contribution in [0.5, 0.6) is 0 Å². The van der Waals surface area contributed by atoms with E-state index >= 15 is 0 Å². The molecule has 0 bridgehead atoms. The van der Waals surface area contributed by atoms with Crippen molar-refractivity contribution in [2.75, 3.05) is 0 Å². The van der Waals surface area contributed by atoms with Gasteiger partial charge in [-0.2, -0.15) is 0 Å². The van der Waals surface area contributed by atoms with Gasteiger partial charge < -0.3 is 5.73 Å². The third kappa shape index (κ3) is 3.50. The smallest absolute Gasteiger partial charge is 0.00418 e. The van der Waals surface area contributed by atoms with E-state index in [-0.39, 0.29) is 0 Å². The lowest BCUT2D eigenvalue weighted by Crippen LogP contribution is -2.54. The Morgan fingerprint density at radius 2 is 1.54 bits per heavy atom. The monoisotopic (exact) mass is 387 g/mol. The Labute approximate surface area is 176 Å². The molecule has 162 valence electrons. The Morgan fingerprint density at radius 1 is 0.821 bits per heavy atom. The van der Waals surface area contributed by atoms with Crippen LogP contribution in [0.2, 0.25) is 0 Å². The standard InChI is InChI=1S/C27H49N/c1-18(2)7-6-8-19(3)23-11-12-24-22-10-9-20-17-21(28)13-15-26(20,4)25(22)14-16-27(23,24)5/h18-25H,6-17,28H2,1-5H3/t19-,20?,21+,22?,23-,24?,25?,26+,27?/m1/s1. The van der Waals surface area contributed by atoms with Crippen molar-refractivity contribution in [2.24, 2.45) is 58.0 Å². The molecule has 0 aromatic rings. The van der Waals surface area contributed by atoms with Crippen LogP contribution in [0.25, 0.3) is 0 Å². The van der Waals surface area contributed by atoms with E-state index in [0.29, 0.717) is 16.9 Å². The molecule has 0 radical (unpaired) electrons. The summed E-state index contributed by atoms with van der Waals surface area (Å²) in [5.74, 6) is 6.79. The Hall–Kier alpha value is -0.0400. The van der Waals surface area contributed by atoms with Crippen molar-refractivity contribution in [1.29, 1.82) is 0 Å². The van der Waals surface area contributed by atoms with Crippen molar-refractivity contribution in [3.05, 3.63) is 0 Å². The fraction of sp³-hybridized carbons (Fsp3) is 1.00. The first-order valence-electron chi connectivity index (χ1n) is 13.0. The molecule has 0 saturated heterocycles. The fourth-order valence-corrected chi connectivity index (χ4v) is 9.32. The molecular weight excluding hydrogens is 338 g/mol. The van der Waals surface area contributed by atoms with Crippen LogP contribution < -0.4 is 5.73 Å². The highest BCUT2D eigenvalue weighted by Crippen LogP contribution is 2.68. The van der Waals surface area contributed by atoms with Crippen molar-refractivity contribution in [2.45, 2.75) is 118 Å². The minimum atomic E-state index is 0.492. The molecule has 9 atom stereocenters. The molecule has 0 aromatic heterocycles. The molecule has 4 fully saturated rings. The first kappa shape index (κ1) is 21.2. The average molecular weight is 388 g/mol. The highest BCUT2D eigenvalue weighted by Gasteiger charge is 2.60. The molecular formula is C27H49N. The highest BCUT2D eigenvalue weighted by molar-refractivity contribution is 5.09. The van der Waals surface area contributed by atoms with E-state index in [1.54, 1.807) is 0 Å². The second-order valence-corrected chi connectivity index (χ2v) is 12.7. The minimum Gasteiger partial charge on any atom is -0.328 e. The quantitative estimate of drug-likeness (QED) is 0.521. The zero-order valence-electron chi connectivity index (χ0n) is 19.7. The molecule has 1 heteroatoms. The van der Waals surface area contributed by atoms with E-state index in [4.69, 9.17) is 5.73 Å². The number of hydrogen-bond donors (Lipinski definition) is 1. The van der Waals surface area contributed by atoms with Crippen LogP contribution in [-0.4, -0.2) is 6.04 Å². The zero-order chi connectivity index (χ0) is 20.1. The summed E-state index contributed by atoms with van der Waals surface area (Å²) >= 11 is 0. The summed E-state index contributed by atoms with van der Waals surface area (Å²) < 4.78 is 0. The predicted octanol–water partition coefficient (Wildman–Crippen LogP) is 7.44. The summed E-state index contributed by atoms with van der Waals surface area (Å²) in [5, 5.41) is 0. The summed E-state index contributed by atoms with van der Waals surface area (Å²) in [6, 6.07) is 0.492. The first-order valence-corrected chi connectivity index (χ1v) is 13.0. The lowest BCUT2D eigenvalue weighted by atomic mass is 9.44. The molecule has 5 unspecified atom stereocenters. The summed E-state index contributed by atoms with van der Waals surface area (Å²) in [5.41, 5.74) is 7.64. The Kier molecular flexibility index (Phi) is 5.98. The van der Waals surface area contributed by atoms with Crippen LogP contribution in [0.3, 0.4) is 0 Å². The molecule has 1 nitrogen and oxygen atoms in total. The topological polar surface area (TPSA) is 26.0 Å². The molecule has 0 heterocycles. The molecule has 28 heavy (non-hydrogen) atoms. The summed E-state index contributed by atoms with van der Waals surface area (Å²) in [6.45, 7) is 12.8. The lowest BCUT2D eigenvalue weighted by Gasteiger charge is -2.61. The van der Waals surface area contributed by atoms with E-state index in [9.17, 15) is 0 Å². The first-order chi connectivity index (χ1) is 13.3. The van der Waals surface area contributed by atoms with Gasteiger partial charge in [0, 0.05) is 6.04 Å². The molecule has 4 aliphatic rings. The van der Waals surface area contributed by atoms with Gasteiger partial charge in [0.05, 0.1) is 0 Å². The van der Waals surface area contributed by atoms with Crippen molar-refractivity contribution in [3.8, 4) is 0 Å². The number of fused-ring (bicyclic) bond motifs is 5. The maximum Gasteiger partial charge on any atom is 0.00418 e. The van der Waals surface area contributed by atoms with Crippen LogP contribution in [0.4, 0.5) is 0 Å². The molecule has 4 aliphatic carbocycles. The van der Waals surface area contributed by atoms with E-state index < -0.39 is 0 Å². The highest BCUT2D eigenvalue weighted by atomic mass is 14.7. The fourth-order valence-electron chi connectivity index (χ4n) is 9.32. The van der Waals surface area contributed by atoms with Gasteiger partial charge >= 0.3 is 0 Å². The summed E-state index contributed by atoms with van der Waals surface area (Å²) in [6.07, 6.45) is 17.5. The maximum atomic E-state index is 6.39. The number of rotatable bonds is 5. The molecule has 0 spiro atoms. The van der Waals surface area contributed by atoms with Gasteiger partial charge in [-0.25, -0.2) is 0 Å². The van der Waals surface area contributed by atoms with Crippen LogP contribution in [-0.2, 0) is 0 Å². The van der Waals surface area contributed by atoms with Gasteiger partial charge in [0.15, 0.2) is 0 Å². The van der Waals surface area contributed by atoms with Crippen molar-refractivity contribution in [3.63, 3.8) is 0 Å². The molecule has 2 N–H and O–H groups in total. The van der Waals surface area contributed by atoms with Crippen molar-refractivity contribution < 1.29 is 0 Å². The normalized spacial score (nSPS) is 49.4.